The maximum atomic E-state index is 11.9. The minimum absolute atomic E-state index is 0.101. The summed E-state index contributed by atoms with van der Waals surface area (Å²) in [6.07, 6.45) is 3.78. The van der Waals surface area contributed by atoms with Crippen LogP contribution in [-0.4, -0.2) is 54.0 Å². The summed E-state index contributed by atoms with van der Waals surface area (Å²) >= 11 is 3.40. The van der Waals surface area contributed by atoms with E-state index in [4.69, 9.17) is 0 Å². The Labute approximate surface area is 128 Å². The zero-order chi connectivity index (χ0) is 14.7. The Morgan fingerprint density at radius 2 is 2.10 bits per heavy atom. The smallest absolute Gasteiger partial charge is 0.319 e. The zero-order valence-electron chi connectivity index (χ0n) is 12.2. The van der Waals surface area contributed by atoms with Gasteiger partial charge in [-0.25, -0.2) is 9.78 Å². The van der Waals surface area contributed by atoms with Crippen molar-refractivity contribution in [2.45, 2.75) is 25.8 Å². The molecule has 0 bridgehead atoms. The third-order valence-corrected chi connectivity index (χ3v) is 4.36. The predicted molar refractivity (Wildman–Crippen MR) is 84.0 cm³/mol. The molecule has 0 radical (unpaired) electrons. The van der Waals surface area contributed by atoms with Gasteiger partial charge in [0, 0.05) is 33.2 Å². The second-order valence-corrected chi connectivity index (χ2v) is 6.17. The summed E-state index contributed by atoms with van der Waals surface area (Å²) < 4.78 is 0.884. The number of pyridine rings is 1. The number of nitrogens with zero attached hydrogens (tertiary/aromatic N) is 3. The molecule has 0 saturated carbocycles. The third-order valence-electron chi connectivity index (χ3n) is 3.53. The summed E-state index contributed by atoms with van der Waals surface area (Å²) in [5.74, 6) is 0. The molecule has 1 fully saturated rings. The summed E-state index contributed by atoms with van der Waals surface area (Å²) in [6, 6.07) is 2.60. The van der Waals surface area contributed by atoms with Crippen molar-refractivity contribution in [1.29, 1.82) is 0 Å². The van der Waals surface area contributed by atoms with Gasteiger partial charge in [-0.1, -0.05) is 0 Å². The molecule has 20 heavy (non-hydrogen) atoms. The lowest BCUT2D eigenvalue weighted by Crippen LogP contribution is -2.46. The van der Waals surface area contributed by atoms with E-state index in [1.807, 2.05) is 18.0 Å². The first kappa shape index (κ1) is 15.1. The van der Waals surface area contributed by atoms with Gasteiger partial charge < -0.3 is 15.1 Å². The molecule has 0 atom stereocenters. The fourth-order valence-electron chi connectivity index (χ4n) is 2.37. The first-order chi connectivity index (χ1) is 9.47. The van der Waals surface area contributed by atoms with Gasteiger partial charge in [-0.3, -0.25) is 0 Å². The Morgan fingerprint density at radius 1 is 1.45 bits per heavy atom. The minimum atomic E-state index is 0.101. The van der Waals surface area contributed by atoms with Crippen molar-refractivity contribution in [2.24, 2.45) is 0 Å². The second kappa shape index (κ2) is 6.43. The summed E-state index contributed by atoms with van der Waals surface area (Å²) in [6.45, 7) is 3.63. The van der Waals surface area contributed by atoms with Crippen molar-refractivity contribution in [3.63, 3.8) is 0 Å². The van der Waals surface area contributed by atoms with Crippen LogP contribution in [0.3, 0.4) is 0 Å². The molecule has 1 aromatic rings. The van der Waals surface area contributed by atoms with Crippen LogP contribution in [0.4, 0.5) is 10.5 Å². The number of carbonyl (C=O) groups excluding carboxylic acids is 1. The number of hydrogen-bond donors (Lipinski definition) is 1. The van der Waals surface area contributed by atoms with E-state index in [1.54, 1.807) is 19.0 Å². The summed E-state index contributed by atoms with van der Waals surface area (Å²) in [5, 5.41) is 3.50. The van der Waals surface area contributed by atoms with Gasteiger partial charge in [0.2, 0.25) is 0 Å². The number of aryl methyl sites for hydroxylation is 1. The van der Waals surface area contributed by atoms with Gasteiger partial charge in [-0.2, -0.15) is 0 Å². The molecule has 2 rings (SSSR count). The van der Waals surface area contributed by atoms with Crippen LogP contribution in [0.15, 0.2) is 16.9 Å². The Hall–Kier alpha value is -1.30. The molecule has 1 aliphatic rings. The highest BCUT2D eigenvalue weighted by Crippen LogP contribution is 2.20. The fraction of sp³-hybridized carbons (Fsp3) is 0.571. The number of likely N-dealkylation sites (tertiary alicyclic amines) is 1. The monoisotopic (exact) mass is 340 g/mol. The van der Waals surface area contributed by atoms with Crippen LogP contribution in [0, 0.1) is 6.92 Å². The lowest BCUT2D eigenvalue weighted by Gasteiger charge is -2.34. The van der Waals surface area contributed by atoms with E-state index in [2.05, 4.69) is 32.3 Å². The van der Waals surface area contributed by atoms with Crippen molar-refractivity contribution in [2.75, 3.05) is 32.5 Å². The van der Waals surface area contributed by atoms with E-state index in [-0.39, 0.29) is 6.03 Å². The van der Waals surface area contributed by atoms with Crippen molar-refractivity contribution >= 4 is 27.6 Å². The van der Waals surface area contributed by atoms with E-state index in [0.717, 1.165) is 41.8 Å². The number of nitrogens with one attached hydrogen (secondary N) is 1. The van der Waals surface area contributed by atoms with E-state index < -0.39 is 0 Å². The molecule has 0 aliphatic carbocycles. The van der Waals surface area contributed by atoms with Crippen LogP contribution >= 0.6 is 15.9 Å². The van der Waals surface area contributed by atoms with Gasteiger partial charge >= 0.3 is 6.03 Å². The average molecular weight is 341 g/mol. The largest absolute Gasteiger partial charge is 0.381 e. The third kappa shape index (κ3) is 3.62. The molecule has 2 heterocycles. The molecule has 0 spiro atoms. The molecule has 1 aliphatic heterocycles. The quantitative estimate of drug-likeness (QED) is 0.842. The SMILES string of the molecule is Cc1cc(NC2CCN(C(=O)N(C)C)CC2)cnc1Br. The van der Waals surface area contributed by atoms with Gasteiger partial charge in [0.1, 0.15) is 4.60 Å². The maximum absolute atomic E-state index is 11.9. The van der Waals surface area contributed by atoms with Crippen molar-refractivity contribution in [1.82, 2.24) is 14.8 Å². The van der Waals surface area contributed by atoms with E-state index in [9.17, 15) is 4.79 Å². The minimum Gasteiger partial charge on any atom is -0.381 e. The molecule has 0 unspecified atom stereocenters. The molecule has 1 saturated heterocycles. The number of anilines is 1. The van der Waals surface area contributed by atoms with Crippen LogP contribution < -0.4 is 5.32 Å². The number of carbonyl (C=O) groups is 1. The van der Waals surface area contributed by atoms with Gasteiger partial charge in [-0.05, 0) is 47.3 Å². The molecule has 1 aromatic heterocycles. The summed E-state index contributed by atoms with van der Waals surface area (Å²) in [4.78, 5) is 19.7. The highest BCUT2D eigenvalue weighted by atomic mass is 79.9. The Balaban J connectivity index is 1.88. The van der Waals surface area contributed by atoms with Gasteiger partial charge in [0.25, 0.3) is 0 Å². The van der Waals surface area contributed by atoms with Crippen molar-refractivity contribution < 1.29 is 4.79 Å². The van der Waals surface area contributed by atoms with Crippen LogP contribution in [0.1, 0.15) is 18.4 Å². The van der Waals surface area contributed by atoms with Crippen molar-refractivity contribution in [3.05, 3.63) is 22.4 Å². The van der Waals surface area contributed by atoms with E-state index >= 15 is 0 Å². The highest BCUT2D eigenvalue weighted by molar-refractivity contribution is 9.10. The lowest BCUT2D eigenvalue weighted by atomic mass is 10.0. The first-order valence-corrected chi connectivity index (χ1v) is 7.61. The average Bonchev–Trinajstić information content (AvgIpc) is 2.43. The lowest BCUT2D eigenvalue weighted by molar-refractivity contribution is 0.158. The second-order valence-electron chi connectivity index (χ2n) is 5.41. The summed E-state index contributed by atoms with van der Waals surface area (Å²) in [5.41, 5.74) is 2.17. The molecule has 6 heteroatoms. The number of urea groups is 1. The Morgan fingerprint density at radius 3 is 2.65 bits per heavy atom. The number of aromatic nitrogens is 1. The molecule has 110 valence electrons. The van der Waals surface area contributed by atoms with E-state index in [0.29, 0.717) is 6.04 Å². The molecule has 0 aromatic carbocycles. The van der Waals surface area contributed by atoms with Crippen LogP contribution in [0.25, 0.3) is 0 Å². The Bertz CT molecular complexity index is 484. The first-order valence-electron chi connectivity index (χ1n) is 6.82. The topological polar surface area (TPSA) is 48.5 Å². The Kier molecular flexibility index (Phi) is 4.86. The van der Waals surface area contributed by atoms with Crippen LogP contribution in [0.5, 0.6) is 0 Å². The molecular weight excluding hydrogens is 320 g/mol. The molecular formula is C14H21BrN4O. The zero-order valence-corrected chi connectivity index (χ0v) is 13.8. The van der Waals surface area contributed by atoms with Crippen LogP contribution in [0.2, 0.25) is 0 Å². The normalized spacial score (nSPS) is 16.1. The van der Waals surface area contributed by atoms with E-state index in [1.165, 1.54) is 0 Å². The van der Waals surface area contributed by atoms with Crippen LogP contribution in [-0.2, 0) is 0 Å². The maximum Gasteiger partial charge on any atom is 0.319 e. The number of hydrogen-bond acceptors (Lipinski definition) is 3. The van der Waals surface area contributed by atoms with Crippen molar-refractivity contribution in [3.8, 4) is 0 Å². The molecule has 1 N–H and O–H groups in total. The number of halogens is 1. The molecule has 2 amide bonds. The number of amides is 2. The highest BCUT2D eigenvalue weighted by Gasteiger charge is 2.23. The number of rotatable bonds is 2. The fourth-order valence-corrected chi connectivity index (χ4v) is 2.59. The standard InChI is InChI=1S/C14H21BrN4O/c1-10-8-12(9-16-13(10)15)17-11-4-6-19(7-5-11)14(20)18(2)3/h8-9,11,17H,4-7H2,1-3H3. The predicted octanol–water partition coefficient (Wildman–Crippen LogP) is 2.71. The van der Waals surface area contributed by atoms with Gasteiger partial charge in [0.15, 0.2) is 0 Å². The number of piperidine rings is 1. The summed E-state index contributed by atoms with van der Waals surface area (Å²) in [7, 11) is 3.59. The van der Waals surface area contributed by atoms with Gasteiger partial charge in [0.05, 0.1) is 11.9 Å². The molecule has 5 nitrogen and oxygen atoms in total. The van der Waals surface area contributed by atoms with Gasteiger partial charge in [-0.15, -0.1) is 0 Å².